The Morgan fingerprint density at radius 3 is 2.40 bits per heavy atom. The Kier molecular flexibility index (Phi) is 4.85. The van der Waals surface area contributed by atoms with Crippen molar-refractivity contribution in [3.8, 4) is 5.69 Å². The lowest BCUT2D eigenvalue weighted by atomic mass is 10.2. The average molecular weight is 343 g/mol. The fourth-order valence-corrected chi connectivity index (χ4v) is 3.01. The summed E-state index contributed by atoms with van der Waals surface area (Å²) in [4.78, 5) is 26.7. The van der Waals surface area contributed by atoms with Gasteiger partial charge in [0.1, 0.15) is 5.69 Å². The molecule has 132 valence electrons. The van der Waals surface area contributed by atoms with E-state index in [1.165, 1.54) is 17.9 Å². The van der Waals surface area contributed by atoms with Gasteiger partial charge in [0.25, 0.3) is 5.91 Å². The minimum absolute atomic E-state index is 0.0409. The fraction of sp³-hybridized carbons (Fsp3) is 0.389. The Labute approximate surface area is 146 Å². The molecular formula is C18H21N3O4. The molecule has 7 heteroatoms. The quantitative estimate of drug-likeness (QED) is 0.796. The molecule has 0 radical (unpaired) electrons. The Morgan fingerprint density at radius 2 is 1.80 bits per heavy atom. The van der Waals surface area contributed by atoms with Crippen molar-refractivity contribution >= 4 is 11.9 Å². The molecular weight excluding hydrogens is 322 g/mol. The number of hydrogen-bond acceptors (Lipinski definition) is 5. The SMILES string of the molecule is COC(=O)c1cc(C(=O)N2C[C@H](C)O[C@@H](C)C2)n(-c2ccccc2)n1. The lowest BCUT2D eigenvalue weighted by Gasteiger charge is -2.35. The summed E-state index contributed by atoms with van der Waals surface area (Å²) in [6.07, 6.45) is -0.0817. The number of nitrogens with zero attached hydrogens (tertiary/aromatic N) is 3. The third-order valence-corrected chi connectivity index (χ3v) is 4.03. The summed E-state index contributed by atoms with van der Waals surface area (Å²) in [5.74, 6) is -0.763. The van der Waals surface area contributed by atoms with E-state index < -0.39 is 5.97 Å². The van der Waals surface area contributed by atoms with E-state index in [1.807, 2.05) is 44.2 Å². The van der Waals surface area contributed by atoms with Crippen LogP contribution in [-0.2, 0) is 9.47 Å². The van der Waals surface area contributed by atoms with Gasteiger partial charge in [0.15, 0.2) is 5.69 Å². The summed E-state index contributed by atoms with van der Waals surface area (Å²) in [5.41, 5.74) is 1.13. The van der Waals surface area contributed by atoms with Gasteiger partial charge < -0.3 is 14.4 Å². The van der Waals surface area contributed by atoms with Crippen molar-refractivity contribution in [2.45, 2.75) is 26.1 Å². The Morgan fingerprint density at radius 1 is 1.16 bits per heavy atom. The van der Waals surface area contributed by atoms with E-state index in [1.54, 1.807) is 4.90 Å². The number of aromatic nitrogens is 2. The predicted molar refractivity (Wildman–Crippen MR) is 90.8 cm³/mol. The molecule has 0 unspecified atom stereocenters. The van der Waals surface area contributed by atoms with Crippen molar-refractivity contribution in [1.29, 1.82) is 0 Å². The molecule has 0 saturated carbocycles. The molecule has 2 atom stereocenters. The molecule has 0 spiro atoms. The van der Waals surface area contributed by atoms with Gasteiger partial charge in [-0.15, -0.1) is 0 Å². The monoisotopic (exact) mass is 343 g/mol. The minimum Gasteiger partial charge on any atom is -0.464 e. The van der Waals surface area contributed by atoms with Crippen LogP contribution in [0.15, 0.2) is 36.4 Å². The fourth-order valence-electron chi connectivity index (χ4n) is 3.01. The van der Waals surface area contributed by atoms with Gasteiger partial charge in [-0.05, 0) is 26.0 Å². The van der Waals surface area contributed by atoms with Crippen molar-refractivity contribution < 1.29 is 19.1 Å². The average Bonchev–Trinajstić information content (AvgIpc) is 3.05. The first kappa shape index (κ1) is 17.2. The number of rotatable bonds is 3. The maximum Gasteiger partial charge on any atom is 0.358 e. The van der Waals surface area contributed by atoms with E-state index >= 15 is 0 Å². The molecule has 0 N–H and O–H groups in total. The number of amides is 1. The van der Waals surface area contributed by atoms with Crippen LogP contribution in [0.2, 0.25) is 0 Å². The van der Waals surface area contributed by atoms with E-state index in [0.29, 0.717) is 24.5 Å². The van der Waals surface area contributed by atoms with Crippen LogP contribution in [-0.4, -0.2) is 59.0 Å². The summed E-state index contributed by atoms with van der Waals surface area (Å²) in [6, 6.07) is 10.7. The maximum atomic E-state index is 13.1. The molecule has 1 aliphatic rings. The highest BCUT2D eigenvalue weighted by atomic mass is 16.5. The van der Waals surface area contributed by atoms with Gasteiger partial charge in [0.05, 0.1) is 25.0 Å². The van der Waals surface area contributed by atoms with Gasteiger partial charge in [0.2, 0.25) is 0 Å². The van der Waals surface area contributed by atoms with E-state index in [9.17, 15) is 9.59 Å². The van der Waals surface area contributed by atoms with Crippen LogP contribution in [0.1, 0.15) is 34.8 Å². The van der Waals surface area contributed by atoms with Crippen LogP contribution in [0.4, 0.5) is 0 Å². The second kappa shape index (κ2) is 7.06. The normalized spacial score (nSPS) is 20.4. The summed E-state index contributed by atoms with van der Waals surface area (Å²) in [6.45, 7) is 4.86. The Bertz CT molecular complexity index is 762. The zero-order valence-corrected chi connectivity index (χ0v) is 14.5. The van der Waals surface area contributed by atoms with Crippen molar-refractivity contribution in [3.63, 3.8) is 0 Å². The van der Waals surface area contributed by atoms with Gasteiger partial charge in [-0.1, -0.05) is 18.2 Å². The molecule has 2 heterocycles. The maximum absolute atomic E-state index is 13.1. The topological polar surface area (TPSA) is 73.7 Å². The van der Waals surface area contributed by atoms with Crippen LogP contribution in [0.25, 0.3) is 5.69 Å². The third kappa shape index (κ3) is 3.56. The zero-order valence-electron chi connectivity index (χ0n) is 14.5. The third-order valence-electron chi connectivity index (χ3n) is 4.03. The lowest BCUT2D eigenvalue weighted by Crippen LogP contribution is -2.48. The van der Waals surface area contributed by atoms with Gasteiger partial charge >= 0.3 is 5.97 Å². The highest BCUT2D eigenvalue weighted by Gasteiger charge is 2.30. The molecule has 1 fully saturated rings. The van der Waals surface area contributed by atoms with Gasteiger partial charge in [-0.2, -0.15) is 5.10 Å². The van der Waals surface area contributed by atoms with Crippen LogP contribution >= 0.6 is 0 Å². The highest BCUT2D eigenvalue weighted by Crippen LogP contribution is 2.18. The van der Waals surface area contributed by atoms with Crippen LogP contribution in [0.3, 0.4) is 0 Å². The van der Waals surface area contributed by atoms with E-state index in [4.69, 9.17) is 9.47 Å². The number of para-hydroxylation sites is 1. The van der Waals surface area contributed by atoms with Crippen LogP contribution in [0.5, 0.6) is 0 Å². The molecule has 1 aliphatic heterocycles. The summed E-state index contributed by atoms with van der Waals surface area (Å²) >= 11 is 0. The minimum atomic E-state index is -0.576. The van der Waals surface area contributed by atoms with Gasteiger partial charge in [-0.3, -0.25) is 4.79 Å². The molecule has 25 heavy (non-hydrogen) atoms. The van der Waals surface area contributed by atoms with Crippen molar-refractivity contribution in [2.24, 2.45) is 0 Å². The lowest BCUT2D eigenvalue weighted by molar-refractivity contribution is -0.0588. The van der Waals surface area contributed by atoms with E-state index in [-0.39, 0.29) is 23.8 Å². The zero-order chi connectivity index (χ0) is 18.0. The summed E-state index contributed by atoms with van der Waals surface area (Å²) in [5, 5.41) is 4.27. The molecule has 1 amide bonds. The first-order chi connectivity index (χ1) is 12.0. The highest BCUT2D eigenvalue weighted by molar-refractivity contribution is 5.96. The standard InChI is InChI=1S/C18H21N3O4/c1-12-10-20(11-13(2)25-12)17(22)16-9-15(18(23)24-3)19-21(16)14-7-5-4-6-8-14/h4-9,12-13H,10-11H2,1-3H3/t12-,13-/m0/s1. The number of hydrogen-bond donors (Lipinski definition) is 0. The van der Waals surface area contributed by atoms with Crippen molar-refractivity contribution in [3.05, 3.63) is 47.8 Å². The first-order valence-electron chi connectivity index (χ1n) is 8.18. The summed E-state index contributed by atoms with van der Waals surface area (Å²) in [7, 11) is 1.29. The molecule has 0 aliphatic carbocycles. The second-order valence-electron chi connectivity index (χ2n) is 6.12. The molecule has 0 bridgehead atoms. The van der Waals surface area contributed by atoms with E-state index in [0.717, 1.165) is 0 Å². The Balaban J connectivity index is 2.00. The van der Waals surface area contributed by atoms with E-state index in [2.05, 4.69) is 5.10 Å². The molecule has 1 aromatic heterocycles. The summed E-state index contributed by atoms with van der Waals surface area (Å²) < 4.78 is 11.9. The number of benzene rings is 1. The molecule has 1 aromatic carbocycles. The Hall–Kier alpha value is -2.67. The van der Waals surface area contributed by atoms with Gasteiger partial charge in [0, 0.05) is 19.2 Å². The predicted octanol–water partition coefficient (Wildman–Crippen LogP) is 1.91. The van der Waals surface area contributed by atoms with Crippen LogP contribution in [0, 0.1) is 0 Å². The van der Waals surface area contributed by atoms with Crippen molar-refractivity contribution in [1.82, 2.24) is 14.7 Å². The smallest absolute Gasteiger partial charge is 0.358 e. The molecule has 1 saturated heterocycles. The number of morpholine rings is 1. The first-order valence-corrected chi connectivity index (χ1v) is 8.18. The molecule has 2 aromatic rings. The number of esters is 1. The van der Waals surface area contributed by atoms with Gasteiger partial charge in [-0.25, -0.2) is 9.48 Å². The second-order valence-corrected chi connectivity index (χ2v) is 6.12. The number of ether oxygens (including phenoxy) is 2. The largest absolute Gasteiger partial charge is 0.464 e. The molecule has 3 rings (SSSR count). The molecule has 7 nitrogen and oxygen atoms in total. The number of carbonyl (C=O) groups is 2. The van der Waals surface area contributed by atoms with Crippen molar-refractivity contribution in [2.75, 3.05) is 20.2 Å². The number of methoxy groups -OCH3 is 1. The number of carbonyl (C=O) groups excluding carboxylic acids is 2. The van der Waals surface area contributed by atoms with Crippen LogP contribution < -0.4 is 0 Å².